The number of carbonyl (C=O) groups is 1. The maximum atomic E-state index is 13.2. The number of amides is 1. The van der Waals surface area contributed by atoms with Gasteiger partial charge in [0.15, 0.2) is 5.03 Å². The SMILES string of the molecule is N#CC1CCN(c2ncc(C(F)(F)F)cc2C(=O)Nc2ccnc(S(N)(=O)=O)c2)C1. The van der Waals surface area contributed by atoms with Crippen molar-refractivity contribution in [2.45, 2.75) is 17.6 Å². The van der Waals surface area contributed by atoms with Crippen LogP contribution in [0, 0.1) is 17.2 Å². The molecule has 13 heteroatoms. The van der Waals surface area contributed by atoms with Crippen molar-refractivity contribution in [1.29, 1.82) is 5.26 Å². The van der Waals surface area contributed by atoms with Gasteiger partial charge in [-0.1, -0.05) is 0 Å². The van der Waals surface area contributed by atoms with Crippen molar-refractivity contribution in [1.82, 2.24) is 9.97 Å². The summed E-state index contributed by atoms with van der Waals surface area (Å²) < 4.78 is 62.3. The van der Waals surface area contributed by atoms with E-state index in [-0.39, 0.29) is 29.5 Å². The van der Waals surface area contributed by atoms with E-state index in [1.54, 1.807) is 4.90 Å². The average molecular weight is 440 g/mol. The molecule has 9 nitrogen and oxygen atoms in total. The summed E-state index contributed by atoms with van der Waals surface area (Å²) in [7, 11) is -4.14. The van der Waals surface area contributed by atoms with Crippen LogP contribution in [0.4, 0.5) is 24.7 Å². The third kappa shape index (κ3) is 4.66. The lowest BCUT2D eigenvalue weighted by Gasteiger charge is -2.21. The van der Waals surface area contributed by atoms with E-state index in [1.807, 2.05) is 0 Å². The van der Waals surface area contributed by atoms with Crippen molar-refractivity contribution in [3.8, 4) is 6.07 Å². The molecule has 1 aliphatic heterocycles. The quantitative estimate of drug-likeness (QED) is 0.737. The van der Waals surface area contributed by atoms with Crippen molar-refractivity contribution in [2.75, 3.05) is 23.3 Å². The van der Waals surface area contributed by atoms with Gasteiger partial charge in [-0.15, -0.1) is 0 Å². The molecule has 3 N–H and O–H groups in total. The molecule has 1 aliphatic rings. The minimum atomic E-state index is -4.72. The molecule has 1 unspecified atom stereocenters. The molecule has 0 saturated carbocycles. The highest BCUT2D eigenvalue weighted by atomic mass is 32.2. The number of rotatable bonds is 4. The van der Waals surface area contributed by atoms with E-state index in [9.17, 15) is 26.4 Å². The van der Waals surface area contributed by atoms with Crippen LogP contribution in [0.2, 0.25) is 0 Å². The normalized spacial score (nSPS) is 16.9. The number of anilines is 2. The number of nitrogens with one attached hydrogen (secondary N) is 1. The number of alkyl halides is 3. The summed E-state index contributed by atoms with van der Waals surface area (Å²) in [5.41, 5.74) is -1.51. The number of pyridine rings is 2. The third-order valence-corrected chi connectivity index (χ3v) is 5.20. The van der Waals surface area contributed by atoms with Crippen molar-refractivity contribution in [2.24, 2.45) is 11.1 Å². The minimum Gasteiger partial charge on any atom is -0.355 e. The first kappa shape index (κ1) is 21.5. The Balaban J connectivity index is 1.98. The fourth-order valence-electron chi connectivity index (χ4n) is 2.93. The van der Waals surface area contributed by atoms with E-state index in [1.165, 1.54) is 6.07 Å². The lowest BCUT2D eigenvalue weighted by Crippen LogP contribution is -2.26. The van der Waals surface area contributed by atoms with Crippen LogP contribution in [0.3, 0.4) is 0 Å². The molecule has 0 aliphatic carbocycles. The van der Waals surface area contributed by atoms with Crippen LogP contribution in [-0.4, -0.2) is 37.4 Å². The highest BCUT2D eigenvalue weighted by Gasteiger charge is 2.34. The maximum Gasteiger partial charge on any atom is 0.417 e. The zero-order chi connectivity index (χ0) is 22.1. The second kappa shape index (κ2) is 7.88. The van der Waals surface area contributed by atoms with E-state index >= 15 is 0 Å². The molecule has 0 spiro atoms. The van der Waals surface area contributed by atoms with E-state index in [2.05, 4.69) is 21.4 Å². The van der Waals surface area contributed by atoms with Gasteiger partial charge in [-0.25, -0.2) is 23.5 Å². The Bertz CT molecular complexity index is 1130. The van der Waals surface area contributed by atoms with E-state index in [4.69, 9.17) is 10.4 Å². The summed E-state index contributed by atoms with van der Waals surface area (Å²) in [5.74, 6) is -1.27. The maximum absolute atomic E-state index is 13.2. The van der Waals surface area contributed by atoms with Crippen molar-refractivity contribution >= 4 is 27.4 Å². The molecular formula is C17H15F3N6O3S. The first-order valence-corrected chi connectivity index (χ1v) is 10.1. The average Bonchev–Trinajstić information content (AvgIpc) is 3.15. The van der Waals surface area contributed by atoms with Crippen molar-refractivity contribution in [3.05, 3.63) is 41.7 Å². The van der Waals surface area contributed by atoms with E-state index in [0.29, 0.717) is 25.2 Å². The van der Waals surface area contributed by atoms with Crippen molar-refractivity contribution < 1.29 is 26.4 Å². The summed E-state index contributed by atoms with van der Waals surface area (Å²) in [6.45, 7) is 0.571. The van der Waals surface area contributed by atoms with Crippen LogP contribution in [-0.2, 0) is 16.2 Å². The summed E-state index contributed by atoms with van der Waals surface area (Å²) in [5, 5.41) is 15.9. The molecule has 30 heavy (non-hydrogen) atoms. The zero-order valence-corrected chi connectivity index (χ0v) is 16.0. The Morgan fingerprint density at radius 2 is 2.07 bits per heavy atom. The summed E-state index contributed by atoms with van der Waals surface area (Å²) in [6, 6.07) is 4.99. The Kier molecular flexibility index (Phi) is 5.64. The Labute approximate surface area is 169 Å². The number of hydrogen-bond acceptors (Lipinski definition) is 7. The molecule has 1 fully saturated rings. The van der Waals surface area contributed by atoms with Gasteiger partial charge in [-0.2, -0.15) is 18.4 Å². The van der Waals surface area contributed by atoms with Crippen LogP contribution in [0.25, 0.3) is 0 Å². The van der Waals surface area contributed by atoms with Gasteiger partial charge in [0.1, 0.15) is 5.82 Å². The first-order valence-electron chi connectivity index (χ1n) is 8.51. The highest BCUT2D eigenvalue weighted by molar-refractivity contribution is 7.89. The number of halogens is 3. The second-order valence-corrected chi connectivity index (χ2v) is 8.04. The molecule has 1 amide bonds. The first-order chi connectivity index (χ1) is 14.0. The zero-order valence-electron chi connectivity index (χ0n) is 15.2. The molecule has 2 aromatic rings. The van der Waals surface area contributed by atoms with Gasteiger partial charge < -0.3 is 10.2 Å². The molecule has 0 radical (unpaired) electrons. The third-order valence-electron chi connectivity index (χ3n) is 4.39. The molecule has 158 valence electrons. The molecular weight excluding hydrogens is 425 g/mol. The van der Waals surface area contributed by atoms with Gasteiger partial charge in [-0.3, -0.25) is 4.79 Å². The molecule has 1 atom stereocenters. The Hall–Kier alpha value is -3.24. The molecule has 3 rings (SSSR count). The lowest BCUT2D eigenvalue weighted by molar-refractivity contribution is -0.137. The van der Waals surface area contributed by atoms with Gasteiger partial charge >= 0.3 is 6.18 Å². The summed E-state index contributed by atoms with van der Waals surface area (Å²) in [4.78, 5) is 21.7. The van der Waals surface area contributed by atoms with Gasteiger partial charge in [-0.05, 0) is 18.6 Å². The van der Waals surface area contributed by atoms with Gasteiger partial charge in [0.2, 0.25) is 0 Å². The standard InChI is InChI=1S/C17H15F3N6O3S/c18-17(19,20)11-5-13(15(24-8-11)26-4-2-10(7-21)9-26)16(27)25-12-1-3-23-14(6-12)30(22,28)29/h1,3,5-6,8,10H,2,4,9H2,(H2,22,28,29)(H,23,25,27). The number of aromatic nitrogens is 2. The van der Waals surface area contributed by atoms with E-state index < -0.39 is 32.7 Å². The molecule has 3 heterocycles. The monoisotopic (exact) mass is 440 g/mol. The van der Waals surface area contributed by atoms with Gasteiger partial charge in [0.05, 0.1) is 23.1 Å². The molecule has 1 saturated heterocycles. The molecule has 0 bridgehead atoms. The Morgan fingerprint density at radius 1 is 1.33 bits per heavy atom. The predicted molar refractivity (Wildman–Crippen MR) is 98.7 cm³/mol. The summed E-state index contributed by atoms with van der Waals surface area (Å²) >= 11 is 0. The fraction of sp³-hybridized carbons (Fsp3) is 0.294. The second-order valence-electron chi connectivity index (χ2n) is 6.54. The minimum absolute atomic E-state index is 0.000948. The largest absolute Gasteiger partial charge is 0.417 e. The topological polar surface area (TPSA) is 142 Å². The smallest absolute Gasteiger partial charge is 0.355 e. The predicted octanol–water partition coefficient (Wildman–Crippen LogP) is 1.74. The van der Waals surface area contributed by atoms with Gasteiger partial charge in [0.25, 0.3) is 15.9 Å². The highest BCUT2D eigenvalue weighted by Crippen LogP contribution is 2.33. The fourth-order valence-corrected chi connectivity index (χ4v) is 3.43. The number of nitrogens with zero attached hydrogens (tertiary/aromatic N) is 4. The number of primary sulfonamides is 1. The lowest BCUT2D eigenvalue weighted by atomic mass is 10.1. The Morgan fingerprint density at radius 3 is 2.67 bits per heavy atom. The van der Waals surface area contributed by atoms with Crippen molar-refractivity contribution in [3.63, 3.8) is 0 Å². The van der Waals surface area contributed by atoms with Crippen LogP contribution < -0.4 is 15.4 Å². The van der Waals surface area contributed by atoms with E-state index in [0.717, 1.165) is 12.3 Å². The number of nitriles is 1. The number of hydrogen-bond donors (Lipinski definition) is 2. The number of sulfonamides is 1. The van der Waals surface area contributed by atoms with Crippen LogP contribution in [0.15, 0.2) is 35.6 Å². The van der Waals surface area contributed by atoms with Gasteiger partial charge in [0, 0.05) is 37.2 Å². The number of nitrogens with two attached hydrogens (primary N) is 1. The van der Waals surface area contributed by atoms with Crippen LogP contribution in [0.5, 0.6) is 0 Å². The molecule has 2 aromatic heterocycles. The molecule has 0 aromatic carbocycles. The summed E-state index contributed by atoms with van der Waals surface area (Å²) in [6.07, 6.45) is -2.53. The van der Waals surface area contributed by atoms with Crippen LogP contribution in [0.1, 0.15) is 22.3 Å². The van der Waals surface area contributed by atoms with Crippen LogP contribution >= 0.6 is 0 Å². The number of carbonyl (C=O) groups excluding carboxylic acids is 1.